The van der Waals surface area contributed by atoms with E-state index in [0.717, 1.165) is 11.1 Å². The smallest absolute Gasteiger partial charge is 0.354 e. The molecule has 0 fully saturated rings. The van der Waals surface area contributed by atoms with Crippen molar-refractivity contribution in [3.8, 4) is 5.75 Å². The third-order valence-electron chi connectivity index (χ3n) is 2.76. The second-order valence-corrected chi connectivity index (χ2v) is 5.09. The van der Waals surface area contributed by atoms with Crippen molar-refractivity contribution in [1.82, 2.24) is 4.98 Å². The van der Waals surface area contributed by atoms with Gasteiger partial charge in [-0.05, 0) is 34.1 Å². The largest absolute Gasteiger partial charge is 0.497 e. The summed E-state index contributed by atoms with van der Waals surface area (Å²) < 4.78 is 5.92. The van der Waals surface area contributed by atoms with Gasteiger partial charge < -0.3 is 14.7 Å². The molecule has 0 aliphatic rings. The summed E-state index contributed by atoms with van der Waals surface area (Å²) in [5.74, 6) is -0.361. The minimum absolute atomic E-state index is 0.0158. The lowest BCUT2D eigenvalue weighted by molar-refractivity contribution is 0.0691. The molecule has 0 saturated heterocycles. The monoisotopic (exact) mass is 324 g/mol. The highest BCUT2D eigenvalue weighted by Gasteiger charge is 2.15. The lowest BCUT2D eigenvalue weighted by atomic mass is 10.1. The van der Waals surface area contributed by atoms with Gasteiger partial charge in [-0.3, -0.25) is 0 Å². The molecule has 2 aromatic rings. The minimum atomic E-state index is -1.05. The molecule has 0 aliphatic heterocycles. The number of aromatic carboxylic acids is 1. The van der Waals surface area contributed by atoms with Crippen LogP contribution in [0.25, 0.3) is 10.9 Å². The molecule has 19 heavy (non-hydrogen) atoms. The van der Waals surface area contributed by atoms with E-state index < -0.39 is 5.97 Å². The van der Waals surface area contributed by atoms with Crippen molar-refractivity contribution >= 4 is 38.5 Å². The quantitative estimate of drug-likeness (QED) is 0.940. The van der Waals surface area contributed by atoms with Gasteiger partial charge >= 0.3 is 5.97 Å². The van der Waals surface area contributed by atoms with E-state index in [1.54, 1.807) is 19.2 Å². The Morgan fingerprint density at radius 2 is 2.05 bits per heavy atom. The van der Waals surface area contributed by atoms with E-state index >= 15 is 0 Å². The maximum atomic E-state index is 11.1. The number of benzene rings is 1. The van der Waals surface area contributed by atoms with E-state index in [2.05, 4.69) is 20.9 Å². The van der Waals surface area contributed by atoms with E-state index in [1.165, 1.54) is 0 Å². The number of carbonyl (C=O) groups is 1. The Balaban J connectivity index is 2.86. The van der Waals surface area contributed by atoms with E-state index in [4.69, 9.17) is 9.84 Å². The lowest BCUT2D eigenvalue weighted by Crippen LogP contribution is -2.12. The summed E-state index contributed by atoms with van der Waals surface area (Å²) >= 11 is 3.40. The molecule has 2 rings (SSSR count). The van der Waals surface area contributed by atoms with Crippen LogP contribution in [0.3, 0.4) is 0 Å². The summed E-state index contributed by atoms with van der Waals surface area (Å²) in [6, 6.07) is 5.16. The third kappa shape index (κ3) is 2.49. The fourth-order valence-electron chi connectivity index (χ4n) is 1.84. The maximum Gasteiger partial charge on any atom is 0.354 e. The normalized spacial score (nSPS) is 10.5. The van der Waals surface area contributed by atoms with E-state index in [0.29, 0.717) is 15.7 Å². The van der Waals surface area contributed by atoms with Gasteiger partial charge in [0.25, 0.3) is 0 Å². The number of ether oxygens (including phenoxy) is 1. The first-order chi connectivity index (χ1) is 8.93. The highest BCUT2D eigenvalue weighted by atomic mass is 79.9. The third-order valence-corrected chi connectivity index (χ3v) is 3.36. The number of aromatic nitrogens is 1. The van der Waals surface area contributed by atoms with Crippen molar-refractivity contribution in [1.29, 1.82) is 0 Å². The van der Waals surface area contributed by atoms with Gasteiger partial charge in [0.1, 0.15) is 5.75 Å². The van der Waals surface area contributed by atoms with Crippen molar-refractivity contribution in [2.45, 2.75) is 0 Å². The molecule has 1 aromatic heterocycles. The summed E-state index contributed by atoms with van der Waals surface area (Å²) in [7, 11) is 5.30. The first-order valence-corrected chi connectivity index (χ1v) is 6.32. The van der Waals surface area contributed by atoms with Crippen molar-refractivity contribution in [2.75, 3.05) is 26.1 Å². The highest BCUT2D eigenvalue weighted by Crippen LogP contribution is 2.34. The van der Waals surface area contributed by atoms with Gasteiger partial charge in [-0.2, -0.15) is 0 Å². The van der Waals surface area contributed by atoms with Crippen LogP contribution in [-0.2, 0) is 0 Å². The molecule has 1 aromatic carbocycles. The summed E-state index contributed by atoms with van der Waals surface area (Å²) in [5.41, 5.74) is 1.40. The summed E-state index contributed by atoms with van der Waals surface area (Å²) in [5, 5.41) is 9.96. The number of pyridine rings is 1. The Labute approximate surface area is 118 Å². The summed E-state index contributed by atoms with van der Waals surface area (Å²) in [6.45, 7) is 0. The number of methoxy groups -OCH3 is 1. The van der Waals surface area contributed by atoms with Crippen LogP contribution < -0.4 is 9.64 Å². The van der Waals surface area contributed by atoms with Crippen LogP contribution in [0.2, 0.25) is 0 Å². The summed E-state index contributed by atoms with van der Waals surface area (Å²) in [6.07, 6.45) is 0. The Morgan fingerprint density at radius 3 is 2.58 bits per heavy atom. The zero-order chi connectivity index (χ0) is 14.2. The van der Waals surface area contributed by atoms with Crippen LogP contribution in [0.4, 0.5) is 5.69 Å². The molecule has 0 amide bonds. The molecule has 0 saturated carbocycles. The Bertz CT molecular complexity index is 656. The molecule has 0 aliphatic carbocycles. The standard InChI is InChI=1S/C13H13BrN2O3/c1-16(2)11-6-10(13(17)18)15-12-8(11)4-7(19-3)5-9(12)14/h4-6H,1-3H3,(H,17,18). The van der Waals surface area contributed by atoms with E-state index in [1.807, 2.05) is 25.1 Å². The average molecular weight is 325 g/mol. The molecule has 0 unspecified atom stereocenters. The van der Waals surface area contributed by atoms with Crippen LogP contribution in [0, 0.1) is 0 Å². The molecular weight excluding hydrogens is 312 g/mol. The van der Waals surface area contributed by atoms with Crippen LogP contribution in [0.1, 0.15) is 10.5 Å². The number of anilines is 1. The van der Waals surface area contributed by atoms with Gasteiger partial charge in [0.05, 0.1) is 12.6 Å². The van der Waals surface area contributed by atoms with Gasteiger partial charge in [-0.1, -0.05) is 0 Å². The molecule has 1 heterocycles. The zero-order valence-corrected chi connectivity index (χ0v) is 12.4. The van der Waals surface area contributed by atoms with Crippen molar-refractivity contribution in [2.24, 2.45) is 0 Å². The average Bonchev–Trinajstić information content (AvgIpc) is 2.37. The fraction of sp³-hybridized carbons (Fsp3) is 0.231. The van der Waals surface area contributed by atoms with Crippen LogP contribution >= 0.6 is 15.9 Å². The first-order valence-electron chi connectivity index (χ1n) is 5.53. The van der Waals surface area contributed by atoms with Crippen molar-refractivity contribution in [3.63, 3.8) is 0 Å². The molecule has 100 valence electrons. The zero-order valence-electron chi connectivity index (χ0n) is 10.8. The van der Waals surface area contributed by atoms with Gasteiger partial charge in [0, 0.05) is 29.6 Å². The number of fused-ring (bicyclic) bond motifs is 1. The number of halogens is 1. The van der Waals surface area contributed by atoms with Crippen LogP contribution in [0.5, 0.6) is 5.75 Å². The Kier molecular flexibility index (Phi) is 3.61. The number of nitrogens with zero attached hydrogens (tertiary/aromatic N) is 2. The topological polar surface area (TPSA) is 62.7 Å². The first kappa shape index (κ1) is 13.6. The van der Waals surface area contributed by atoms with Gasteiger partial charge in [-0.25, -0.2) is 9.78 Å². The molecule has 5 nitrogen and oxygen atoms in total. The maximum absolute atomic E-state index is 11.1. The molecule has 0 radical (unpaired) electrons. The van der Waals surface area contributed by atoms with Crippen LogP contribution in [0.15, 0.2) is 22.7 Å². The second kappa shape index (κ2) is 5.05. The van der Waals surface area contributed by atoms with Crippen molar-refractivity contribution < 1.29 is 14.6 Å². The SMILES string of the molecule is COc1cc(Br)c2nc(C(=O)O)cc(N(C)C)c2c1. The molecule has 0 bridgehead atoms. The van der Waals surface area contributed by atoms with E-state index in [-0.39, 0.29) is 5.69 Å². The second-order valence-electron chi connectivity index (χ2n) is 4.23. The molecular formula is C13H13BrN2O3. The summed E-state index contributed by atoms with van der Waals surface area (Å²) in [4.78, 5) is 17.1. The number of carboxylic acid groups (broad SMARTS) is 1. The molecule has 1 N–H and O–H groups in total. The fourth-order valence-corrected chi connectivity index (χ4v) is 2.37. The number of carboxylic acids is 1. The molecule has 0 spiro atoms. The Morgan fingerprint density at radius 1 is 1.37 bits per heavy atom. The van der Waals surface area contributed by atoms with Gasteiger partial charge in [0.2, 0.25) is 0 Å². The molecule has 0 atom stereocenters. The van der Waals surface area contributed by atoms with Gasteiger partial charge in [-0.15, -0.1) is 0 Å². The van der Waals surface area contributed by atoms with Crippen LogP contribution in [-0.4, -0.2) is 37.3 Å². The number of rotatable bonds is 3. The highest BCUT2D eigenvalue weighted by molar-refractivity contribution is 9.10. The Hall–Kier alpha value is -1.82. The van der Waals surface area contributed by atoms with Crippen molar-refractivity contribution in [3.05, 3.63) is 28.4 Å². The minimum Gasteiger partial charge on any atom is -0.497 e. The van der Waals surface area contributed by atoms with Gasteiger partial charge in [0.15, 0.2) is 5.69 Å². The number of hydrogen-bond acceptors (Lipinski definition) is 4. The number of hydrogen-bond donors (Lipinski definition) is 1. The van der Waals surface area contributed by atoms with E-state index in [9.17, 15) is 4.79 Å². The lowest BCUT2D eigenvalue weighted by Gasteiger charge is -2.17. The molecule has 6 heteroatoms. The predicted octanol–water partition coefficient (Wildman–Crippen LogP) is 2.77. The predicted molar refractivity (Wildman–Crippen MR) is 77.3 cm³/mol.